The van der Waals surface area contributed by atoms with Crippen LogP contribution in [0.4, 0.5) is 4.39 Å². The Hall–Kier alpha value is -1.35. The summed E-state index contributed by atoms with van der Waals surface area (Å²) in [5.74, 6) is -0.150. The van der Waals surface area contributed by atoms with Crippen molar-refractivity contribution in [1.82, 2.24) is 4.57 Å². The molecule has 0 atom stereocenters. The summed E-state index contributed by atoms with van der Waals surface area (Å²) in [6, 6.07) is 5.69. The van der Waals surface area contributed by atoms with E-state index in [1.807, 2.05) is 6.07 Å². The van der Waals surface area contributed by atoms with Crippen molar-refractivity contribution >= 4 is 10.9 Å². The number of nitrogens with two attached hydrogens (primary N) is 1. The minimum atomic E-state index is -0.150. The van der Waals surface area contributed by atoms with E-state index in [1.54, 1.807) is 12.1 Å². The Bertz CT molecular complexity index is 540. The third kappa shape index (κ3) is 1.95. The summed E-state index contributed by atoms with van der Waals surface area (Å²) in [4.78, 5) is 0. The predicted molar refractivity (Wildman–Crippen MR) is 67.5 cm³/mol. The van der Waals surface area contributed by atoms with Crippen LogP contribution in [0.1, 0.15) is 30.9 Å². The van der Waals surface area contributed by atoms with Gasteiger partial charge in [-0.15, -0.1) is 0 Å². The first-order chi connectivity index (χ1) is 8.29. The molecule has 0 spiro atoms. The van der Waals surface area contributed by atoms with Gasteiger partial charge in [0.1, 0.15) is 5.82 Å². The quantitative estimate of drug-likeness (QED) is 0.863. The summed E-state index contributed by atoms with van der Waals surface area (Å²) in [5.41, 5.74) is 7.90. The highest BCUT2D eigenvalue weighted by atomic mass is 19.1. The van der Waals surface area contributed by atoms with Crippen LogP contribution in [-0.2, 0) is 6.42 Å². The highest BCUT2D eigenvalue weighted by Crippen LogP contribution is 2.39. The van der Waals surface area contributed by atoms with Crippen molar-refractivity contribution in [1.29, 1.82) is 0 Å². The highest BCUT2D eigenvalue weighted by Gasteiger charge is 2.25. The molecule has 0 aliphatic heterocycles. The second-order valence-electron chi connectivity index (χ2n) is 4.85. The van der Waals surface area contributed by atoms with E-state index in [4.69, 9.17) is 5.73 Å². The van der Waals surface area contributed by atoms with E-state index in [-0.39, 0.29) is 5.82 Å². The number of hydrogen-bond donors (Lipinski definition) is 1. The molecule has 0 saturated heterocycles. The third-order valence-corrected chi connectivity index (χ3v) is 3.47. The first-order valence-electron chi connectivity index (χ1n) is 6.28. The Balaban J connectivity index is 2.09. The Kier molecular flexibility index (Phi) is 2.63. The van der Waals surface area contributed by atoms with Gasteiger partial charge >= 0.3 is 0 Å². The molecule has 1 saturated carbocycles. The van der Waals surface area contributed by atoms with Gasteiger partial charge < -0.3 is 10.3 Å². The largest absolute Gasteiger partial charge is 0.344 e. The number of nitrogens with zero attached hydrogens (tertiary/aromatic N) is 1. The maximum absolute atomic E-state index is 13.3. The Morgan fingerprint density at radius 2 is 2.18 bits per heavy atom. The zero-order valence-electron chi connectivity index (χ0n) is 9.82. The maximum Gasteiger partial charge on any atom is 0.125 e. The molecule has 1 aromatic carbocycles. The van der Waals surface area contributed by atoms with Gasteiger partial charge in [0.2, 0.25) is 0 Å². The zero-order valence-corrected chi connectivity index (χ0v) is 9.82. The molecule has 17 heavy (non-hydrogen) atoms. The van der Waals surface area contributed by atoms with E-state index in [9.17, 15) is 4.39 Å². The Morgan fingerprint density at radius 1 is 1.35 bits per heavy atom. The number of hydrogen-bond acceptors (Lipinski definition) is 1. The molecular weight excluding hydrogens is 215 g/mol. The molecule has 1 aliphatic rings. The third-order valence-electron chi connectivity index (χ3n) is 3.47. The lowest BCUT2D eigenvalue weighted by Gasteiger charge is -2.01. The molecule has 2 aromatic rings. The summed E-state index contributed by atoms with van der Waals surface area (Å²) in [5, 5.41) is 1.19. The van der Waals surface area contributed by atoms with Crippen LogP contribution in [-0.4, -0.2) is 11.1 Å². The molecule has 0 bridgehead atoms. The lowest BCUT2D eigenvalue weighted by Crippen LogP contribution is -1.99. The van der Waals surface area contributed by atoms with E-state index in [2.05, 4.69) is 10.8 Å². The molecule has 0 unspecified atom stereocenters. The molecular formula is C14H17FN2. The van der Waals surface area contributed by atoms with Crippen LogP contribution in [0.2, 0.25) is 0 Å². The van der Waals surface area contributed by atoms with Crippen molar-refractivity contribution in [2.24, 2.45) is 5.73 Å². The van der Waals surface area contributed by atoms with Gasteiger partial charge in [-0.25, -0.2) is 4.39 Å². The molecule has 2 nitrogen and oxygen atoms in total. The summed E-state index contributed by atoms with van der Waals surface area (Å²) >= 11 is 0. The lowest BCUT2D eigenvalue weighted by atomic mass is 10.1. The van der Waals surface area contributed by atoms with Gasteiger partial charge in [-0.1, -0.05) is 0 Å². The fraction of sp³-hybridized carbons (Fsp3) is 0.429. The maximum atomic E-state index is 13.3. The number of rotatable bonds is 4. The second-order valence-corrected chi connectivity index (χ2v) is 4.85. The fourth-order valence-electron chi connectivity index (χ4n) is 2.44. The topological polar surface area (TPSA) is 30.9 Å². The highest BCUT2D eigenvalue weighted by molar-refractivity contribution is 5.84. The van der Waals surface area contributed by atoms with Crippen molar-refractivity contribution in [3.05, 3.63) is 35.8 Å². The molecule has 3 heteroatoms. The number of benzene rings is 1. The summed E-state index contributed by atoms with van der Waals surface area (Å²) < 4.78 is 15.6. The smallest absolute Gasteiger partial charge is 0.125 e. The van der Waals surface area contributed by atoms with Gasteiger partial charge in [-0.3, -0.25) is 0 Å². The van der Waals surface area contributed by atoms with Crippen molar-refractivity contribution < 1.29 is 4.39 Å². The van der Waals surface area contributed by atoms with Crippen molar-refractivity contribution in [3.63, 3.8) is 0 Å². The fourth-order valence-corrected chi connectivity index (χ4v) is 2.44. The monoisotopic (exact) mass is 232 g/mol. The minimum absolute atomic E-state index is 0.150. The van der Waals surface area contributed by atoms with Crippen LogP contribution in [0.25, 0.3) is 10.9 Å². The molecule has 2 N–H and O–H groups in total. The molecule has 3 rings (SSSR count). The van der Waals surface area contributed by atoms with Crippen molar-refractivity contribution in [3.8, 4) is 0 Å². The average molecular weight is 232 g/mol. The predicted octanol–water partition coefficient (Wildman–Crippen LogP) is 3.01. The van der Waals surface area contributed by atoms with Crippen LogP contribution in [0.3, 0.4) is 0 Å². The lowest BCUT2D eigenvalue weighted by molar-refractivity contribution is 0.628. The van der Waals surface area contributed by atoms with Crippen LogP contribution >= 0.6 is 0 Å². The number of aromatic nitrogens is 1. The Labute approximate surface area is 100 Å². The molecule has 1 heterocycles. The molecule has 0 radical (unpaired) electrons. The SMILES string of the molecule is NCCCc1cn(C2CC2)c2cc(F)ccc12. The zero-order chi connectivity index (χ0) is 11.8. The molecule has 90 valence electrons. The summed E-state index contributed by atoms with van der Waals surface area (Å²) in [6.07, 6.45) is 6.60. The van der Waals surface area contributed by atoms with Crippen LogP contribution < -0.4 is 5.73 Å². The number of halogens is 1. The number of fused-ring (bicyclic) bond motifs is 1. The van der Waals surface area contributed by atoms with Crippen LogP contribution in [0.15, 0.2) is 24.4 Å². The molecule has 0 amide bonds. The first-order valence-corrected chi connectivity index (χ1v) is 6.28. The van der Waals surface area contributed by atoms with E-state index >= 15 is 0 Å². The van der Waals surface area contributed by atoms with Gasteiger partial charge in [0, 0.05) is 17.6 Å². The molecule has 1 fully saturated rings. The minimum Gasteiger partial charge on any atom is -0.344 e. The molecule has 1 aliphatic carbocycles. The average Bonchev–Trinajstić information content (AvgIpc) is 3.10. The van der Waals surface area contributed by atoms with Gasteiger partial charge in [-0.05, 0) is 56.0 Å². The normalized spacial score (nSPS) is 15.6. The van der Waals surface area contributed by atoms with E-state index in [0.29, 0.717) is 12.6 Å². The Morgan fingerprint density at radius 3 is 2.88 bits per heavy atom. The van der Waals surface area contributed by atoms with E-state index < -0.39 is 0 Å². The van der Waals surface area contributed by atoms with Gasteiger partial charge in [-0.2, -0.15) is 0 Å². The van der Waals surface area contributed by atoms with Gasteiger partial charge in [0.15, 0.2) is 0 Å². The van der Waals surface area contributed by atoms with Gasteiger partial charge in [0.05, 0.1) is 5.52 Å². The van der Waals surface area contributed by atoms with E-state index in [0.717, 1.165) is 18.4 Å². The van der Waals surface area contributed by atoms with Crippen LogP contribution in [0.5, 0.6) is 0 Å². The van der Waals surface area contributed by atoms with Crippen molar-refractivity contribution in [2.45, 2.75) is 31.7 Å². The molecule has 1 aromatic heterocycles. The van der Waals surface area contributed by atoms with Crippen molar-refractivity contribution in [2.75, 3.05) is 6.54 Å². The van der Waals surface area contributed by atoms with Crippen LogP contribution in [0, 0.1) is 5.82 Å². The van der Waals surface area contributed by atoms with E-state index in [1.165, 1.54) is 23.8 Å². The van der Waals surface area contributed by atoms with Gasteiger partial charge in [0.25, 0.3) is 0 Å². The summed E-state index contributed by atoms with van der Waals surface area (Å²) in [6.45, 7) is 0.706. The standard InChI is InChI=1S/C14H17FN2/c15-11-3-6-13-10(2-1-7-16)9-17(12-4-5-12)14(13)8-11/h3,6,8-9,12H,1-2,4-5,7,16H2. The number of aryl methyl sites for hydroxylation is 1. The second kappa shape index (κ2) is 4.15. The summed E-state index contributed by atoms with van der Waals surface area (Å²) in [7, 11) is 0. The first kappa shape index (κ1) is 10.8.